The molecular weight excluding hydrogens is 1600 g/mol. The minimum Gasteiger partial charge on any atom is -0.497 e. The van der Waals surface area contributed by atoms with E-state index >= 15 is 0 Å². The van der Waals surface area contributed by atoms with Crippen molar-refractivity contribution in [3.63, 3.8) is 0 Å². The van der Waals surface area contributed by atoms with E-state index in [0.717, 1.165) is 123 Å². The summed E-state index contributed by atoms with van der Waals surface area (Å²) >= 11 is 11.7. The first-order valence-corrected chi connectivity index (χ1v) is 41.3. The Bertz CT molecular complexity index is 4840. The number of hydrogen-bond acceptors (Lipinski definition) is 16. The summed E-state index contributed by atoms with van der Waals surface area (Å²) in [5.41, 5.74) is 16.4. The predicted molar refractivity (Wildman–Crippen MR) is 515 cm³/mol. The van der Waals surface area contributed by atoms with E-state index in [0.29, 0.717) is 39.5 Å². The number of nitrogens with zero attached hydrogens (tertiary/aromatic N) is 1. The lowest BCUT2D eigenvalue weighted by Crippen LogP contribution is -1.95. The van der Waals surface area contributed by atoms with Crippen molar-refractivity contribution < 1.29 is 71.2 Å². The third kappa shape index (κ3) is 46.7. The molecule has 0 heterocycles. The van der Waals surface area contributed by atoms with Gasteiger partial charge in [-0.05, 0) is 288 Å². The van der Waals surface area contributed by atoms with Crippen LogP contribution < -0.4 is 66.3 Å². The van der Waals surface area contributed by atoms with Crippen molar-refractivity contribution in [3.05, 3.63) is 347 Å². The first-order chi connectivity index (χ1) is 59.3. The molecule has 12 rings (SSSR count). The number of ether oxygens (including phenoxy) is 14. The summed E-state index contributed by atoms with van der Waals surface area (Å²) in [7, 11) is 18.0. The van der Waals surface area contributed by atoms with Gasteiger partial charge in [-0.1, -0.05) is 175 Å². The van der Waals surface area contributed by atoms with Crippen molar-refractivity contribution in [2.75, 3.05) is 98.0 Å². The second kappa shape index (κ2) is 64.6. The van der Waals surface area contributed by atoms with E-state index in [1.807, 2.05) is 231 Å². The molecule has 0 fully saturated rings. The summed E-state index contributed by atoms with van der Waals surface area (Å²) in [5.74, 6) is 11.4. The molecule has 19 heteroatoms. The van der Waals surface area contributed by atoms with Gasteiger partial charge in [0.2, 0.25) is 5.75 Å². The van der Waals surface area contributed by atoms with E-state index in [2.05, 4.69) is 116 Å². The van der Waals surface area contributed by atoms with Crippen molar-refractivity contribution in [2.24, 2.45) is 0 Å². The molecule has 0 amide bonds. The zero-order valence-electron chi connectivity index (χ0n) is 78.4. The average Bonchev–Trinajstić information content (AvgIpc) is 0.833. The molecule has 0 aliphatic carbocycles. The number of rotatable bonds is 20. The molecule has 0 aliphatic heterocycles. The highest BCUT2D eigenvalue weighted by atomic mass is 35.5. The molecule has 0 aliphatic rings. The van der Waals surface area contributed by atoms with Crippen molar-refractivity contribution in [2.45, 2.75) is 131 Å². The molecule has 17 nitrogen and oxygen atoms in total. The largest absolute Gasteiger partial charge is 0.497 e. The van der Waals surface area contributed by atoms with Crippen molar-refractivity contribution in [1.29, 1.82) is 0 Å². The number of hydrogen-bond donors (Lipinski definition) is 0. The van der Waals surface area contributed by atoms with E-state index in [1.165, 1.54) is 38.9 Å². The second-order valence-corrected chi connectivity index (χ2v) is 28.7. The SMILES string of the molecule is CCCOc1ccc(C)cc1.CCCOc1cccc(C)c1.CCOc1ccc(C)cc1Cl.COc1cc(C)cc(OC)c1.COc1cc(C)cc(OC)c1OC.COc1ccc(C)cc1.COc1ccc(C)cc1Cl.COc1ccc(C)cc1OC.COc1ccc(OC)c(C)c1.Cc1ccc(C)c([N+](=O)[O-])c1.Cc1ccccc1.Cc1ccccc1C. The Morgan fingerprint density at radius 1 is 0.250 bits per heavy atom. The summed E-state index contributed by atoms with van der Waals surface area (Å²) in [4.78, 5) is 10.0. The Hall–Kier alpha value is -12.2. The maximum Gasteiger partial charge on any atom is 0.272 e. The first-order valence-electron chi connectivity index (χ1n) is 40.6. The highest BCUT2D eigenvalue weighted by molar-refractivity contribution is 6.32. The van der Waals surface area contributed by atoms with Gasteiger partial charge in [-0.25, -0.2) is 0 Å². The minimum absolute atomic E-state index is 0.199. The Morgan fingerprint density at radius 2 is 0.613 bits per heavy atom. The van der Waals surface area contributed by atoms with Gasteiger partial charge in [0.25, 0.3) is 5.69 Å². The molecule has 0 aromatic heterocycles. The molecule has 0 bridgehead atoms. The van der Waals surface area contributed by atoms with Crippen LogP contribution in [0.3, 0.4) is 0 Å². The molecule has 0 spiro atoms. The molecule has 12 aromatic rings. The van der Waals surface area contributed by atoms with Crippen LogP contribution in [0, 0.1) is 107 Å². The van der Waals surface area contributed by atoms with Crippen LogP contribution in [0.5, 0.6) is 80.5 Å². The zero-order valence-corrected chi connectivity index (χ0v) is 80.0. The van der Waals surface area contributed by atoms with Crippen molar-refractivity contribution in [1.82, 2.24) is 0 Å². The lowest BCUT2D eigenvalue weighted by molar-refractivity contribution is -0.385. The molecule has 12 aromatic carbocycles. The number of nitro benzene ring substituents is 1. The van der Waals surface area contributed by atoms with Crippen LogP contribution >= 0.6 is 23.2 Å². The number of halogens is 2. The molecule has 0 radical (unpaired) electrons. The summed E-state index contributed by atoms with van der Waals surface area (Å²) in [6, 6.07) is 80.6. The molecule has 124 heavy (non-hydrogen) atoms. The van der Waals surface area contributed by atoms with Gasteiger partial charge in [0.15, 0.2) is 23.0 Å². The van der Waals surface area contributed by atoms with E-state index in [-0.39, 0.29) is 10.6 Å². The third-order valence-corrected chi connectivity index (χ3v) is 17.9. The molecule has 0 unspecified atom stereocenters. The maximum absolute atomic E-state index is 10.4. The van der Waals surface area contributed by atoms with E-state index in [9.17, 15) is 10.1 Å². The summed E-state index contributed by atoms with van der Waals surface area (Å²) in [6.45, 7) is 36.5. The Morgan fingerprint density at radius 3 is 1.01 bits per heavy atom. The van der Waals surface area contributed by atoms with Gasteiger partial charge >= 0.3 is 0 Å². The lowest BCUT2D eigenvalue weighted by atomic mass is 10.1. The van der Waals surface area contributed by atoms with Crippen LogP contribution in [0.25, 0.3) is 0 Å². The van der Waals surface area contributed by atoms with E-state index in [1.54, 1.807) is 97.3 Å². The predicted octanol–water partition coefficient (Wildman–Crippen LogP) is 27.8. The highest BCUT2D eigenvalue weighted by Crippen LogP contribution is 2.38. The van der Waals surface area contributed by atoms with Gasteiger partial charge in [-0.3, -0.25) is 10.1 Å². The molecule has 0 N–H and O–H groups in total. The zero-order chi connectivity index (χ0) is 92.9. The van der Waals surface area contributed by atoms with Gasteiger partial charge < -0.3 is 66.3 Å². The first kappa shape index (κ1) is 110. The van der Waals surface area contributed by atoms with Crippen molar-refractivity contribution >= 4 is 28.9 Å². The van der Waals surface area contributed by atoms with Crippen LogP contribution in [0.4, 0.5) is 5.69 Å². The van der Waals surface area contributed by atoms with Gasteiger partial charge in [-0.15, -0.1) is 0 Å². The quantitative estimate of drug-likeness (QED) is 0.0520. The van der Waals surface area contributed by atoms with Gasteiger partial charge in [0.1, 0.15) is 51.7 Å². The Kier molecular flexibility index (Phi) is 57.2. The summed E-state index contributed by atoms with van der Waals surface area (Å²) in [5, 5.41) is 11.7. The van der Waals surface area contributed by atoms with Crippen LogP contribution in [0.15, 0.2) is 249 Å². The number of nitro groups is 1. The fraction of sp³-hybridized carbons (Fsp3) is 0.314. The van der Waals surface area contributed by atoms with E-state index < -0.39 is 0 Å². The highest BCUT2D eigenvalue weighted by Gasteiger charge is 2.12. The molecule has 0 saturated heterocycles. The molecule has 0 atom stereocenters. The standard InChI is InChI=1S/C10H14O3.2C10H14O.C9H11ClO.3C9H12O2.C8H9ClO.C8H9NO2.C8H10O.C8H10.C7H8/c1-7-5-8(11-2)10(13-4)9(6-7)12-3;1-3-8-11-10-6-4-9(2)5-7-10;1-3-7-11-10-6-4-5-9(2)8-10;1-3-11-9-5-4-7(2)6-8(9)10;1-7-4-8(10-2)6-9(5-7)11-3;1-7-6-8(10-2)4-5-9(7)11-3;1-7-4-5-8(10-2)9(6-7)11-3;1-6-3-4-8(10-2)7(9)5-6;1-6-3-4-7(2)8(5-6)9(10)11;1-7-3-5-8(9-2)6-4-7;1-7-5-3-4-6-8(7)2;1-7-5-3-2-4-6-7/h5-6H,1-4H3;4-7H,3,8H2,1-2H3;4-6,8H,3,7H2,1-2H3;4-6H,3H2,1-2H3;3*4-6H,1-3H3;3-5H,1-2H3;3-5H,1-2H3;3-6H,1-2H3;3-6H,1-2H3;2-6H,1H3. The second-order valence-electron chi connectivity index (χ2n) is 27.9. The van der Waals surface area contributed by atoms with Gasteiger partial charge in [0.05, 0.1) is 113 Å². The summed E-state index contributed by atoms with van der Waals surface area (Å²) in [6.07, 6.45) is 2.13. The van der Waals surface area contributed by atoms with Gasteiger partial charge in [0, 0.05) is 17.7 Å². The molecular formula is C105H135Cl2NO16. The van der Waals surface area contributed by atoms with E-state index in [4.69, 9.17) is 89.5 Å². The van der Waals surface area contributed by atoms with Crippen LogP contribution in [-0.4, -0.2) is 103 Å². The number of aryl methyl sites for hydroxylation is 14. The fourth-order valence-electron chi connectivity index (χ4n) is 10.3. The molecule has 670 valence electrons. The van der Waals surface area contributed by atoms with Crippen molar-refractivity contribution in [3.8, 4) is 80.5 Å². The fourth-order valence-corrected chi connectivity index (χ4v) is 10.9. The maximum atomic E-state index is 10.4. The monoisotopic (exact) mass is 1740 g/mol. The number of benzene rings is 12. The Labute approximate surface area is 751 Å². The smallest absolute Gasteiger partial charge is 0.272 e. The Balaban J connectivity index is 0.000000678. The van der Waals surface area contributed by atoms with Crippen LogP contribution in [-0.2, 0) is 0 Å². The lowest BCUT2D eigenvalue weighted by Gasteiger charge is -2.12. The molecule has 0 saturated carbocycles. The normalized spacial score (nSPS) is 9.44. The van der Waals surface area contributed by atoms with Gasteiger partial charge in [-0.2, -0.15) is 0 Å². The van der Waals surface area contributed by atoms with Crippen LogP contribution in [0.2, 0.25) is 10.0 Å². The topological polar surface area (TPSA) is 172 Å². The van der Waals surface area contributed by atoms with Crippen LogP contribution in [0.1, 0.15) is 112 Å². The summed E-state index contributed by atoms with van der Waals surface area (Å²) < 4.78 is 71.9. The minimum atomic E-state index is -0.359. The third-order valence-electron chi connectivity index (χ3n) is 17.3. The average molecular weight is 1740 g/mol. The number of methoxy groups -OCH3 is 11.